The van der Waals surface area contributed by atoms with E-state index in [0.29, 0.717) is 50.8 Å². The minimum atomic E-state index is -4.13. The highest BCUT2D eigenvalue weighted by molar-refractivity contribution is 7.92. The number of phenolic OH excluding ortho intramolecular Hbond substituents is 1. The fourth-order valence-electron chi connectivity index (χ4n) is 9.39. The van der Waals surface area contributed by atoms with Crippen molar-refractivity contribution in [2.75, 3.05) is 17.8 Å². The number of hydrogen-bond acceptors (Lipinski definition) is 6. The van der Waals surface area contributed by atoms with Crippen molar-refractivity contribution in [3.63, 3.8) is 0 Å². The molecule has 0 saturated carbocycles. The Balaban J connectivity index is 1.30. The number of unbranched alkanes of at least 4 members (excludes halogenated alkanes) is 30. The molecule has 0 aliphatic heterocycles. The Morgan fingerprint density at radius 2 is 0.986 bits per heavy atom. The average molecular weight is 1020 g/mol. The zero-order valence-electron chi connectivity index (χ0n) is 43.1. The van der Waals surface area contributed by atoms with Crippen LogP contribution in [0.2, 0.25) is 10.0 Å². The zero-order chi connectivity index (χ0) is 50.1. The van der Waals surface area contributed by atoms with Crippen LogP contribution in [0.1, 0.15) is 230 Å². The first-order chi connectivity index (χ1) is 34.1. The standard InChI is InChI=1S/C59H88Cl2N4O4S/c1-3-5-7-9-11-13-15-17-19-21-23-25-27-29-31-33-45-65(46-34-32-30-28-26-24-22-20-18-16-14-12-10-8-6-4-2)59(67)49-37-35-38-51(47-49)70(68,69)64-55-40-36-39-53-52(55)42-44-57(66)58(53)63-62-56-48-50(60)41-43-54(56)61/h35-44,47-48,64,66H,3-34,45-46H2,1-2H3/b63-62+. The summed E-state index contributed by atoms with van der Waals surface area (Å²) < 4.78 is 30.8. The molecule has 4 rings (SSSR count). The van der Waals surface area contributed by atoms with E-state index in [2.05, 4.69) is 28.8 Å². The number of rotatable bonds is 40. The van der Waals surface area contributed by atoms with E-state index in [-0.39, 0.29) is 22.2 Å². The predicted octanol–water partition coefficient (Wildman–Crippen LogP) is 20.0. The minimum absolute atomic E-state index is 0.00518. The molecule has 0 aliphatic rings. The monoisotopic (exact) mass is 1020 g/mol. The van der Waals surface area contributed by atoms with Crippen LogP contribution in [0.3, 0.4) is 0 Å². The lowest BCUT2D eigenvalue weighted by Gasteiger charge is -2.23. The summed E-state index contributed by atoms with van der Waals surface area (Å²) in [6.45, 7) is 5.88. The topological polar surface area (TPSA) is 111 Å². The molecule has 0 aliphatic carbocycles. The van der Waals surface area contributed by atoms with Crippen molar-refractivity contribution in [2.45, 2.75) is 224 Å². The van der Waals surface area contributed by atoms with Gasteiger partial charge in [-0.2, -0.15) is 0 Å². The summed E-state index contributed by atoms with van der Waals surface area (Å²) in [4.78, 5) is 16.2. The summed E-state index contributed by atoms with van der Waals surface area (Å²) in [5, 5.41) is 21.1. The minimum Gasteiger partial charge on any atom is -0.506 e. The maximum atomic E-state index is 14.3. The number of hydrogen-bond donors (Lipinski definition) is 2. The van der Waals surface area contributed by atoms with E-state index in [0.717, 1.165) is 25.7 Å². The lowest BCUT2D eigenvalue weighted by molar-refractivity contribution is 0.0749. The Kier molecular flexibility index (Phi) is 29.8. The number of sulfonamides is 1. The predicted molar refractivity (Wildman–Crippen MR) is 298 cm³/mol. The first kappa shape index (κ1) is 58.9. The SMILES string of the molecule is CCCCCCCCCCCCCCCCCCN(CCCCCCCCCCCCCCCCCC)C(=O)c1cccc(S(=O)(=O)Nc2cccc3c(/N=N/c4cc(Cl)ccc4Cl)c(O)ccc23)c1. The van der Waals surface area contributed by atoms with Crippen LogP contribution in [0.15, 0.2) is 87.9 Å². The van der Waals surface area contributed by atoms with Crippen LogP contribution in [0, 0.1) is 0 Å². The van der Waals surface area contributed by atoms with Crippen molar-refractivity contribution in [2.24, 2.45) is 10.2 Å². The third kappa shape index (κ3) is 22.8. The molecule has 8 nitrogen and oxygen atoms in total. The molecule has 0 bridgehead atoms. The third-order valence-electron chi connectivity index (χ3n) is 13.7. The van der Waals surface area contributed by atoms with E-state index in [1.807, 2.05) is 4.90 Å². The number of phenols is 1. The number of benzene rings is 4. The molecule has 4 aromatic carbocycles. The third-order valence-corrected chi connectivity index (χ3v) is 15.6. The summed E-state index contributed by atoms with van der Waals surface area (Å²) in [7, 11) is -4.13. The molecule has 0 atom stereocenters. The number of nitrogens with one attached hydrogen (secondary N) is 1. The molecular weight excluding hydrogens is 932 g/mol. The van der Waals surface area contributed by atoms with Crippen LogP contribution >= 0.6 is 23.2 Å². The van der Waals surface area contributed by atoms with Crippen molar-refractivity contribution < 1.29 is 18.3 Å². The highest BCUT2D eigenvalue weighted by Gasteiger charge is 2.21. The molecule has 2 N–H and O–H groups in total. The van der Waals surface area contributed by atoms with E-state index < -0.39 is 10.0 Å². The number of carbonyl (C=O) groups excluding carboxylic acids is 1. The molecule has 0 heterocycles. The van der Waals surface area contributed by atoms with Crippen molar-refractivity contribution in [1.29, 1.82) is 0 Å². The maximum Gasteiger partial charge on any atom is 0.261 e. The first-order valence-corrected chi connectivity index (χ1v) is 29.9. The molecule has 0 radical (unpaired) electrons. The Hall–Kier alpha value is -3.66. The van der Waals surface area contributed by atoms with Gasteiger partial charge in [-0.1, -0.05) is 248 Å². The Bertz CT molecular complexity index is 2180. The van der Waals surface area contributed by atoms with Gasteiger partial charge in [0.2, 0.25) is 0 Å². The molecular formula is C59H88Cl2N4O4S. The summed E-state index contributed by atoms with van der Waals surface area (Å²) in [5.41, 5.74) is 1.13. The van der Waals surface area contributed by atoms with Gasteiger partial charge < -0.3 is 10.0 Å². The van der Waals surface area contributed by atoms with Crippen molar-refractivity contribution in [3.05, 3.63) is 88.4 Å². The Morgan fingerprint density at radius 3 is 1.47 bits per heavy atom. The largest absolute Gasteiger partial charge is 0.506 e. The molecule has 11 heteroatoms. The second kappa shape index (κ2) is 35.5. The van der Waals surface area contributed by atoms with Gasteiger partial charge in [-0.05, 0) is 67.4 Å². The van der Waals surface area contributed by atoms with Gasteiger partial charge in [0.05, 0.1) is 15.6 Å². The number of carbonyl (C=O) groups is 1. The highest BCUT2D eigenvalue weighted by Crippen LogP contribution is 2.40. The summed E-state index contributed by atoms with van der Waals surface area (Å²) in [5.74, 6) is -0.265. The number of azo groups is 1. The van der Waals surface area contributed by atoms with Gasteiger partial charge in [0.15, 0.2) is 0 Å². The second-order valence-corrected chi connectivity index (χ2v) is 22.2. The number of aromatic hydroxyl groups is 1. The molecule has 0 fully saturated rings. The number of anilines is 1. The number of nitrogens with zero attached hydrogens (tertiary/aromatic N) is 3. The van der Waals surface area contributed by atoms with Gasteiger partial charge in [-0.25, -0.2) is 8.42 Å². The highest BCUT2D eigenvalue weighted by atomic mass is 35.5. The zero-order valence-corrected chi connectivity index (χ0v) is 45.5. The van der Waals surface area contributed by atoms with Gasteiger partial charge in [0.1, 0.15) is 17.1 Å². The lowest BCUT2D eigenvalue weighted by Crippen LogP contribution is -2.33. The van der Waals surface area contributed by atoms with E-state index in [1.165, 1.54) is 198 Å². The molecule has 4 aromatic rings. The molecule has 388 valence electrons. The fraction of sp³-hybridized carbons (Fsp3) is 0.610. The van der Waals surface area contributed by atoms with Gasteiger partial charge in [0, 0.05) is 34.4 Å². The Labute approximate surface area is 434 Å². The van der Waals surface area contributed by atoms with Crippen LogP contribution in [0.4, 0.5) is 17.1 Å². The molecule has 0 spiro atoms. The maximum absolute atomic E-state index is 14.3. The van der Waals surface area contributed by atoms with Crippen LogP contribution in [-0.2, 0) is 10.0 Å². The molecule has 0 saturated heterocycles. The van der Waals surface area contributed by atoms with E-state index >= 15 is 0 Å². The van der Waals surface area contributed by atoms with Crippen LogP contribution in [-0.4, -0.2) is 37.4 Å². The Morgan fingerprint density at radius 1 is 0.529 bits per heavy atom. The van der Waals surface area contributed by atoms with Crippen LogP contribution in [0.5, 0.6) is 5.75 Å². The molecule has 0 aromatic heterocycles. The summed E-state index contributed by atoms with van der Waals surface area (Å²) in [6, 6.07) is 19.3. The molecule has 70 heavy (non-hydrogen) atoms. The first-order valence-electron chi connectivity index (χ1n) is 27.7. The summed E-state index contributed by atoms with van der Waals surface area (Å²) in [6.07, 6.45) is 41.5. The van der Waals surface area contributed by atoms with E-state index in [9.17, 15) is 18.3 Å². The van der Waals surface area contributed by atoms with Gasteiger partial charge in [-0.15, -0.1) is 10.2 Å². The normalized spacial score (nSPS) is 11.8. The lowest BCUT2D eigenvalue weighted by atomic mass is 10.0. The molecule has 0 unspecified atom stereocenters. The quantitative estimate of drug-likeness (QED) is 0.0341. The number of halogens is 2. The number of amides is 1. The van der Waals surface area contributed by atoms with E-state index in [4.69, 9.17) is 23.2 Å². The van der Waals surface area contributed by atoms with Crippen molar-refractivity contribution in [1.82, 2.24) is 4.90 Å². The van der Waals surface area contributed by atoms with Gasteiger partial charge in [0.25, 0.3) is 15.9 Å². The smallest absolute Gasteiger partial charge is 0.261 e. The van der Waals surface area contributed by atoms with Crippen LogP contribution in [0.25, 0.3) is 10.8 Å². The van der Waals surface area contributed by atoms with Crippen molar-refractivity contribution in [3.8, 4) is 5.75 Å². The number of fused-ring (bicyclic) bond motifs is 1. The van der Waals surface area contributed by atoms with Crippen LogP contribution < -0.4 is 4.72 Å². The van der Waals surface area contributed by atoms with Gasteiger partial charge >= 0.3 is 0 Å². The average Bonchev–Trinajstić information content (AvgIpc) is 3.35. The fourth-order valence-corrected chi connectivity index (χ4v) is 10.8. The molecule has 1 amide bonds. The van der Waals surface area contributed by atoms with E-state index in [1.54, 1.807) is 54.6 Å². The van der Waals surface area contributed by atoms with Gasteiger partial charge in [-0.3, -0.25) is 9.52 Å². The second-order valence-electron chi connectivity index (χ2n) is 19.7. The summed E-state index contributed by atoms with van der Waals surface area (Å²) >= 11 is 12.4. The van der Waals surface area contributed by atoms with Crippen molar-refractivity contribution >= 4 is 67.0 Å².